The normalized spacial score (nSPS) is 11.6. The van der Waals surface area contributed by atoms with Gasteiger partial charge in [0.05, 0.1) is 10.3 Å². The van der Waals surface area contributed by atoms with Gasteiger partial charge in [-0.05, 0) is 28.1 Å². The average Bonchev–Trinajstić information content (AvgIpc) is 2.83. The third kappa shape index (κ3) is 6.48. The van der Waals surface area contributed by atoms with E-state index in [1.54, 1.807) is 18.4 Å². The second kappa shape index (κ2) is 9.04. The van der Waals surface area contributed by atoms with E-state index in [1.165, 1.54) is 4.88 Å². The molecule has 2 N–H and O–H groups in total. The van der Waals surface area contributed by atoms with Crippen molar-refractivity contribution < 1.29 is 4.79 Å². The van der Waals surface area contributed by atoms with Gasteiger partial charge in [0, 0.05) is 38.0 Å². The molecule has 0 aromatic carbocycles. The Hall–Kier alpha value is -1.08. The van der Waals surface area contributed by atoms with Crippen LogP contribution in [0.5, 0.6) is 0 Å². The smallest absolute Gasteiger partial charge is 0.222 e. The van der Waals surface area contributed by atoms with Crippen LogP contribution in [-0.4, -0.2) is 44.0 Å². The average molecular weight is 375 g/mol. The molecule has 118 valence electrons. The zero-order valence-corrected chi connectivity index (χ0v) is 15.3. The van der Waals surface area contributed by atoms with E-state index in [0.717, 1.165) is 16.3 Å². The van der Waals surface area contributed by atoms with E-state index in [4.69, 9.17) is 0 Å². The zero-order valence-electron chi connectivity index (χ0n) is 12.9. The van der Waals surface area contributed by atoms with Gasteiger partial charge in [-0.2, -0.15) is 0 Å². The van der Waals surface area contributed by atoms with Crippen LogP contribution >= 0.6 is 27.3 Å². The predicted octanol–water partition coefficient (Wildman–Crippen LogP) is 2.29. The maximum atomic E-state index is 11.5. The number of halogens is 1. The van der Waals surface area contributed by atoms with E-state index in [-0.39, 0.29) is 11.8 Å². The van der Waals surface area contributed by atoms with Gasteiger partial charge in [0.15, 0.2) is 5.96 Å². The van der Waals surface area contributed by atoms with Crippen LogP contribution in [0.15, 0.2) is 20.9 Å². The fraction of sp³-hybridized carbons (Fsp3) is 0.571. The highest BCUT2D eigenvalue weighted by atomic mass is 79.9. The van der Waals surface area contributed by atoms with Crippen molar-refractivity contribution in [1.29, 1.82) is 0 Å². The van der Waals surface area contributed by atoms with Crippen LogP contribution in [-0.2, 0) is 11.3 Å². The Labute approximate surface area is 139 Å². The van der Waals surface area contributed by atoms with E-state index >= 15 is 0 Å². The Balaban J connectivity index is 2.35. The monoisotopic (exact) mass is 374 g/mol. The first-order valence-electron chi connectivity index (χ1n) is 6.87. The third-order valence-electron chi connectivity index (χ3n) is 2.83. The molecule has 1 rings (SSSR count). The number of amides is 1. The standard InChI is InChI=1S/C14H23BrN4OS/c1-10(2)13(20)17-7-8-18-14(16-3)19(4)9-11-5-6-12(15)21-11/h5-6,10H,7-9H2,1-4H3,(H,16,18)(H,17,20). The molecule has 0 aliphatic heterocycles. The molecular formula is C14H23BrN4OS. The number of hydrogen-bond acceptors (Lipinski definition) is 3. The highest BCUT2D eigenvalue weighted by Gasteiger charge is 2.09. The van der Waals surface area contributed by atoms with Crippen molar-refractivity contribution in [3.8, 4) is 0 Å². The molecule has 0 fully saturated rings. The summed E-state index contributed by atoms with van der Waals surface area (Å²) in [6, 6.07) is 4.15. The molecule has 0 saturated heterocycles. The predicted molar refractivity (Wildman–Crippen MR) is 92.7 cm³/mol. The van der Waals surface area contributed by atoms with Crippen molar-refractivity contribution in [2.24, 2.45) is 10.9 Å². The van der Waals surface area contributed by atoms with Crippen LogP contribution < -0.4 is 10.6 Å². The molecule has 1 aromatic rings. The molecule has 1 amide bonds. The molecular weight excluding hydrogens is 352 g/mol. The lowest BCUT2D eigenvalue weighted by molar-refractivity contribution is -0.123. The first-order chi connectivity index (χ1) is 9.93. The van der Waals surface area contributed by atoms with Crippen molar-refractivity contribution in [2.45, 2.75) is 20.4 Å². The summed E-state index contributed by atoms with van der Waals surface area (Å²) >= 11 is 5.18. The van der Waals surface area contributed by atoms with Gasteiger partial charge in [-0.3, -0.25) is 9.79 Å². The molecule has 7 heteroatoms. The minimum atomic E-state index is 0.0178. The molecule has 1 heterocycles. The lowest BCUT2D eigenvalue weighted by Gasteiger charge is -2.21. The van der Waals surface area contributed by atoms with E-state index in [2.05, 4.69) is 42.5 Å². The number of nitrogens with zero attached hydrogens (tertiary/aromatic N) is 2. The number of carbonyl (C=O) groups is 1. The summed E-state index contributed by atoms with van der Waals surface area (Å²) in [5.41, 5.74) is 0. The van der Waals surface area contributed by atoms with Crippen molar-refractivity contribution in [3.05, 3.63) is 20.8 Å². The Morgan fingerprint density at radius 2 is 2.05 bits per heavy atom. The largest absolute Gasteiger partial charge is 0.354 e. The number of guanidine groups is 1. The molecule has 21 heavy (non-hydrogen) atoms. The molecule has 1 aromatic heterocycles. The number of hydrogen-bond donors (Lipinski definition) is 2. The maximum Gasteiger partial charge on any atom is 0.222 e. The zero-order chi connectivity index (χ0) is 15.8. The summed E-state index contributed by atoms with van der Waals surface area (Å²) in [6.07, 6.45) is 0. The molecule has 0 radical (unpaired) electrons. The van der Waals surface area contributed by atoms with Crippen molar-refractivity contribution in [1.82, 2.24) is 15.5 Å². The number of thiophene rings is 1. The molecule has 0 unspecified atom stereocenters. The first-order valence-corrected chi connectivity index (χ1v) is 8.48. The van der Waals surface area contributed by atoms with Gasteiger partial charge >= 0.3 is 0 Å². The molecule has 0 aliphatic rings. The molecule has 5 nitrogen and oxygen atoms in total. The molecule has 0 saturated carbocycles. The van der Waals surface area contributed by atoms with E-state index in [9.17, 15) is 4.79 Å². The minimum Gasteiger partial charge on any atom is -0.354 e. The van der Waals surface area contributed by atoms with Gasteiger partial charge in [-0.15, -0.1) is 11.3 Å². The van der Waals surface area contributed by atoms with Crippen LogP contribution in [0.3, 0.4) is 0 Å². The molecule has 0 spiro atoms. The topological polar surface area (TPSA) is 56.7 Å². The summed E-state index contributed by atoms with van der Waals surface area (Å²) < 4.78 is 1.13. The summed E-state index contributed by atoms with van der Waals surface area (Å²) in [4.78, 5) is 19.0. The fourth-order valence-corrected chi connectivity index (χ4v) is 3.23. The van der Waals surface area contributed by atoms with E-state index < -0.39 is 0 Å². The molecule has 0 aliphatic carbocycles. The van der Waals surface area contributed by atoms with Gasteiger partial charge in [0.25, 0.3) is 0 Å². The quantitative estimate of drug-likeness (QED) is 0.456. The third-order valence-corrected chi connectivity index (χ3v) is 4.44. The van der Waals surface area contributed by atoms with Gasteiger partial charge in [-0.25, -0.2) is 0 Å². The van der Waals surface area contributed by atoms with E-state index in [1.807, 2.05) is 27.0 Å². The van der Waals surface area contributed by atoms with E-state index in [0.29, 0.717) is 13.1 Å². The van der Waals surface area contributed by atoms with Crippen LogP contribution in [0, 0.1) is 5.92 Å². The fourth-order valence-electron chi connectivity index (χ4n) is 1.69. The number of carbonyl (C=O) groups excluding carboxylic acids is 1. The van der Waals surface area contributed by atoms with Crippen LogP contribution in [0.25, 0.3) is 0 Å². The summed E-state index contributed by atoms with van der Waals surface area (Å²) in [7, 11) is 3.76. The van der Waals surface area contributed by atoms with Gasteiger partial charge in [0.2, 0.25) is 5.91 Å². The van der Waals surface area contributed by atoms with Gasteiger partial charge in [0.1, 0.15) is 0 Å². The highest BCUT2D eigenvalue weighted by molar-refractivity contribution is 9.11. The van der Waals surface area contributed by atoms with Gasteiger partial charge < -0.3 is 15.5 Å². The molecule has 0 atom stereocenters. The molecule has 0 bridgehead atoms. The van der Waals surface area contributed by atoms with Crippen molar-refractivity contribution in [2.75, 3.05) is 27.2 Å². The SMILES string of the molecule is CN=C(NCCNC(=O)C(C)C)N(C)Cc1ccc(Br)s1. The number of aliphatic imine (C=N–C) groups is 1. The Morgan fingerprint density at radius 1 is 1.38 bits per heavy atom. The second-order valence-electron chi connectivity index (χ2n) is 4.98. The Kier molecular flexibility index (Phi) is 7.74. The lowest BCUT2D eigenvalue weighted by atomic mass is 10.2. The summed E-state index contributed by atoms with van der Waals surface area (Å²) in [5, 5.41) is 6.12. The highest BCUT2D eigenvalue weighted by Crippen LogP contribution is 2.22. The summed E-state index contributed by atoms with van der Waals surface area (Å²) in [6.45, 7) is 5.82. The van der Waals surface area contributed by atoms with Crippen LogP contribution in [0.2, 0.25) is 0 Å². The van der Waals surface area contributed by atoms with Crippen LogP contribution in [0.1, 0.15) is 18.7 Å². The Bertz CT molecular complexity index is 487. The second-order valence-corrected chi connectivity index (χ2v) is 7.53. The van der Waals surface area contributed by atoms with Crippen LogP contribution in [0.4, 0.5) is 0 Å². The van der Waals surface area contributed by atoms with Crippen molar-refractivity contribution >= 4 is 39.1 Å². The Morgan fingerprint density at radius 3 is 2.57 bits per heavy atom. The number of rotatable bonds is 6. The lowest BCUT2D eigenvalue weighted by Crippen LogP contribution is -2.42. The maximum absolute atomic E-state index is 11.5. The number of nitrogens with one attached hydrogen (secondary N) is 2. The first kappa shape index (κ1) is 18.0. The summed E-state index contributed by atoms with van der Waals surface area (Å²) in [5.74, 6) is 0.908. The minimum absolute atomic E-state index is 0.0178. The van der Waals surface area contributed by atoms with Crippen molar-refractivity contribution in [3.63, 3.8) is 0 Å². The van der Waals surface area contributed by atoms with Gasteiger partial charge in [-0.1, -0.05) is 13.8 Å².